The fourth-order valence-electron chi connectivity index (χ4n) is 6.58. The van der Waals surface area contributed by atoms with Crippen molar-refractivity contribution in [3.05, 3.63) is 69.4 Å². The number of aromatic nitrogens is 2. The van der Waals surface area contributed by atoms with Gasteiger partial charge in [0.05, 0.1) is 17.0 Å². The number of piperidine rings is 1. The Morgan fingerprint density at radius 1 is 0.946 bits per heavy atom. The smallest absolute Gasteiger partial charge is 0.272 e. The zero-order valence-electron chi connectivity index (χ0n) is 20.0. The van der Waals surface area contributed by atoms with Gasteiger partial charge in [-0.1, -0.05) is 6.07 Å². The topological polar surface area (TPSA) is 61.0 Å². The molecule has 1 saturated heterocycles. The minimum Gasteiger partial charge on any atom is -0.380 e. The lowest BCUT2D eigenvalue weighted by atomic mass is 9.74. The molecule has 10 heteroatoms. The predicted molar refractivity (Wildman–Crippen MR) is 129 cm³/mol. The summed E-state index contributed by atoms with van der Waals surface area (Å²) >= 11 is 0. The highest BCUT2D eigenvalue weighted by atomic mass is 19.3. The van der Waals surface area contributed by atoms with E-state index in [4.69, 9.17) is 0 Å². The molecule has 2 aliphatic heterocycles. The largest absolute Gasteiger partial charge is 0.380 e. The monoisotopic (exact) mass is 518 g/mol. The lowest BCUT2D eigenvalue weighted by Crippen LogP contribution is -2.49. The van der Waals surface area contributed by atoms with E-state index in [9.17, 15) is 22.4 Å². The molecule has 0 bridgehead atoms. The zero-order valence-corrected chi connectivity index (χ0v) is 20.0. The van der Waals surface area contributed by atoms with Crippen LogP contribution in [0, 0.1) is 23.4 Å². The van der Waals surface area contributed by atoms with Crippen molar-refractivity contribution >= 4 is 16.5 Å². The number of anilines is 1. The number of nitrogens with one attached hydrogen (secondary N) is 2. The number of nitrogens with zero attached hydrogens (tertiary/aromatic N) is 2. The molecule has 0 amide bonds. The minimum absolute atomic E-state index is 0.0240. The SMILES string of the molecule is O=c1[nH]nc2c3c(cc(F)cc13)NC(C1CCN(C3CCC(F)(F)CC3)CC1)C2c1ccc(F)cc1F. The van der Waals surface area contributed by atoms with Crippen LogP contribution in [-0.4, -0.2) is 46.2 Å². The maximum Gasteiger partial charge on any atom is 0.272 e. The van der Waals surface area contributed by atoms with Crippen molar-refractivity contribution in [1.82, 2.24) is 15.1 Å². The highest BCUT2D eigenvalue weighted by Gasteiger charge is 2.42. The van der Waals surface area contributed by atoms with E-state index < -0.39 is 40.9 Å². The molecule has 1 aliphatic carbocycles. The summed E-state index contributed by atoms with van der Waals surface area (Å²) in [6.07, 6.45) is 2.19. The summed E-state index contributed by atoms with van der Waals surface area (Å²) < 4.78 is 70.7. The molecule has 37 heavy (non-hydrogen) atoms. The van der Waals surface area contributed by atoms with E-state index in [2.05, 4.69) is 20.4 Å². The fourth-order valence-corrected chi connectivity index (χ4v) is 6.58. The molecule has 2 fully saturated rings. The number of H-pyrrole nitrogens is 1. The van der Waals surface area contributed by atoms with Gasteiger partial charge in [0.1, 0.15) is 17.5 Å². The Labute approximate surface area is 210 Å². The highest BCUT2D eigenvalue weighted by Crippen LogP contribution is 2.45. The van der Waals surface area contributed by atoms with E-state index in [1.807, 2.05) is 0 Å². The van der Waals surface area contributed by atoms with Gasteiger partial charge in [0, 0.05) is 42.1 Å². The van der Waals surface area contributed by atoms with E-state index in [0.29, 0.717) is 42.7 Å². The normalized spacial score (nSPS) is 24.8. The second-order valence-electron chi connectivity index (χ2n) is 10.6. The fraction of sp³-hybridized carbons (Fsp3) is 0.481. The summed E-state index contributed by atoms with van der Waals surface area (Å²) in [6.45, 7) is 1.42. The lowest BCUT2D eigenvalue weighted by molar-refractivity contribution is -0.0570. The second-order valence-corrected chi connectivity index (χ2v) is 10.6. The van der Waals surface area contributed by atoms with E-state index in [0.717, 1.165) is 25.0 Å². The first-order chi connectivity index (χ1) is 17.7. The van der Waals surface area contributed by atoms with Crippen LogP contribution >= 0.6 is 0 Å². The third-order valence-electron chi connectivity index (χ3n) is 8.44. The number of alkyl halides is 2. The number of halogens is 5. The third-order valence-corrected chi connectivity index (χ3v) is 8.44. The van der Waals surface area contributed by atoms with Gasteiger partial charge in [-0.2, -0.15) is 5.10 Å². The molecular weight excluding hydrogens is 491 g/mol. The molecule has 196 valence electrons. The van der Waals surface area contributed by atoms with Crippen LogP contribution in [0.3, 0.4) is 0 Å². The van der Waals surface area contributed by atoms with Crippen molar-refractivity contribution in [3.8, 4) is 0 Å². The van der Waals surface area contributed by atoms with Crippen molar-refractivity contribution in [2.45, 2.75) is 62.4 Å². The standard InChI is InChI=1S/C27H27F5N4O/c28-15-1-2-18(20(30)12-15)23-24(14-5-9-36(10-6-14)17-3-7-27(31,32)8-4-17)33-21-13-16(29)11-19-22(21)25(23)34-35-26(19)37/h1-2,11-14,17,23-24,33H,3-10H2,(H,35,37). The second kappa shape index (κ2) is 9.08. The molecular formula is C27H27F5N4O. The molecule has 3 heterocycles. The molecule has 2 aromatic carbocycles. The molecule has 6 rings (SSSR count). The number of aromatic amines is 1. The van der Waals surface area contributed by atoms with Crippen molar-refractivity contribution in [3.63, 3.8) is 0 Å². The molecule has 0 radical (unpaired) electrons. The van der Waals surface area contributed by atoms with Gasteiger partial charge in [-0.15, -0.1) is 0 Å². The Balaban J connectivity index is 1.35. The van der Waals surface area contributed by atoms with Gasteiger partial charge in [0.2, 0.25) is 5.92 Å². The molecule has 3 aliphatic rings. The van der Waals surface area contributed by atoms with E-state index in [-0.39, 0.29) is 35.8 Å². The van der Waals surface area contributed by atoms with Crippen LogP contribution in [0.2, 0.25) is 0 Å². The van der Waals surface area contributed by atoms with Crippen LogP contribution in [0.1, 0.15) is 55.7 Å². The number of hydrogen-bond acceptors (Lipinski definition) is 4. The summed E-state index contributed by atoms with van der Waals surface area (Å²) in [5.41, 5.74) is 0.524. The van der Waals surface area contributed by atoms with Crippen molar-refractivity contribution < 1.29 is 22.0 Å². The summed E-state index contributed by atoms with van der Waals surface area (Å²) in [7, 11) is 0. The van der Waals surface area contributed by atoms with Crippen LogP contribution in [0.5, 0.6) is 0 Å². The van der Waals surface area contributed by atoms with Crippen molar-refractivity contribution in [1.29, 1.82) is 0 Å². The quantitative estimate of drug-likeness (QED) is 0.446. The van der Waals surface area contributed by atoms with Crippen molar-refractivity contribution in [2.75, 3.05) is 18.4 Å². The van der Waals surface area contributed by atoms with E-state index >= 15 is 4.39 Å². The molecule has 2 unspecified atom stereocenters. The number of hydrogen-bond donors (Lipinski definition) is 2. The van der Waals surface area contributed by atoms with Gasteiger partial charge in [0.15, 0.2) is 0 Å². The highest BCUT2D eigenvalue weighted by molar-refractivity contribution is 5.97. The number of benzene rings is 2. The van der Waals surface area contributed by atoms with E-state index in [1.54, 1.807) is 0 Å². The Hall–Kier alpha value is -3.01. The molecule has 1 saturated carbocycles. The Kier molecular flexibility index (Phi) is 5.97. The maximum absolute atomic E-state index is 15.1. The average Bonchev–Trinajstić information content (AvgIpc) is 2.86. The van der Waals surface area contributed by atoms with Crippen molar-refractivity contribution in [2.24, 2.45) is 5.92 Å². The first kappa shape index (κ1) is 24.3. The number of likely N-dealkylation sites (tertiary alicyclic amines) is 1. The van der Waals surface area contributed by atoms with Crippen LogP contribution < -0.4 is 10.9 Å². The van der Waals surface area contributed by atoms with Crippen LogP contribution in [0.15, 0.2) is 35.1 Å². The average molecular weight is 519 g/mol. The Morgan fingerprint density at radius 2 is 1.68 bits per heavy atom. The van der Waals surface area contributed by atoms with Gasteiger partial charge < -0.3 is 10.2 Å². The summed E-state index contributed by atoms with van der Waals surface area (Å²) in [6, 6.07) is 5.60. The van der Waals surface area contributed by atoms with Crippen LogP contribution in [-0.2, 0) is 0 Å². The van der Waals surface area contributed by atoms with Gasteiger partial charge in [-0.3, -0.25) is 4.79 Å². The molecule has 1 aromatic heterocycles. The van der Waals surface area contributed by atoms with Gasteiger partial charge in [-0.25, -0.2) is 27.1 Å². The summed E-state index contributed by atoms with van der Waals surface area (Å²) in [5.74, 6) is -5.20. The first-order valence-corrected chi connectivity index (χ1v) is 12.8. The number of rotatable bonds is 3. The maximum atomic E-state index is 15.1. The molecule has 5 nitrogen and oxygen atoms in total. The first-order valence-electron chi connectivity index (χ1n) is 12.8. The molecule has 0 spiro atoms. The van der Waals surface area contributed by atoms with Crippen LogP contribution in [0.4, 0.5) is 27.6 Å². The van der Waals surface area contributed by atoms with Crippen LogP contribution in [0.25, 0.3) is 10.8 Å². The predicted octanol–water partition coefficient (Wildman–Crippen LogP) is 5.56. The van der Waals surface area contributed by atoms with Gasteiger partial charge in [-0.05, 0) is 68.5 Å². The van der Waals surface area contributed by atoms with Gasteiger partial charge in [0.25, 0.3) is 5.56 Å². The molecule has 2 atom stereocenters. The minimum atomic E-state index is -2.58. The molecule has 2 N–H and O–H groups in total. The lowest BCUT2D eigenvalue weighted by Gasteiger charge is -2.45. The van der Waals surface area contributed by atoms with Gasteiger partial charge >= 0.3 is 0 Å². The van der Waals surface area contributed by atoms with E-state index in [1.165, 1.54) is 18.2 Å². The molecule has 3 aromatic rings. The zero-order chi connectivity index (χ0) is 25.9. The Bertz CT molecular complexity index is 1390. The summed E-state index contributed by atoms with van der Waals surface area (Å²) in [5, 5.41) is 10.6. The summed E-state index contributed by atoms with van der Waals surface area (Å²) in [4.78, 5) is 14.7. The Morgan fingerprint density at radius 3 is 2.38 bits per heavy atom. The third kappa shape index (κ3) is 4.39.